The molecule has 2 atom stereocenters. The first-order chi connectivity index (χ1) is 7.56. The molecule has 0 spiro atoms. The highest BCUT2D eigenvalue weighted by Gasteiger charge is 2.28. The summed E-state index contributed by atoms with van der Waals surface area (Å²) in [6.07, 6.45) is -0.483. The fourth-order valence-corrected chi connectivity index (χ4v) is 1.20. The molecule has 1 aromatic rings. The molecule has 0 aliphatic rings. The standard InChI is InChI=1S/C9H11BrN2O4/c1-2-16-9(15)8(14)7(13)5-3-12-6(10)4-11-5/h3-4,7-8,13-14H,2H2,1H3. The van der Waals surface area contributed by atoms with E-state index in [4.69, 9.17) is 0 Å². The first-order valence-electron chi connectivity index (χ1n) is 4.56. The summed E-state index contributed by atoms with van der Waals surface area (Å²) >= 11 is 3.08. The number of aliphatic hydroxyl groups excluding tert-OH is 2. The second-order valence-electron chi connectivity index (χ2n) is 2.91. The van der Waals surface area contributed by atoms with Gasteiger partial charge >= 0.3 is 5.97 Å². The molecule has 0 saturated heterocycles. The summed E-state index contributed by atoms with van der Waals surface area (Å²) in [5.41, 5.74) is 0.101. The lowest BCUT2D eigenvalue weighted by Crippen LogP contribution is -2.30. The summed E-state index contributed by atoms with van der Waals surface area (Å²) in [4.78, 5) is 18.8. The molecule has 2 N–H and O–H groups in total. The van der Waals surface area contributed by atoms with Crippen LogP contribution in [0.2, 0.25) is 0 Å². The predicted octanol–water partition coefficient (Wildman–Crippen LogP) is 0.197. The average Bonchev–Trinajstić information content (AvgIpc) is 2.28. The van der Waals surface area contributed by atoms with E-state index >= 15 is 0 Å². The number of aliphatic hydroxyl groups is 2. The third-order valence-electron chi connectivity index (χ3n) is 1.77. The van der Waals surface area contributed by atoms with Crippen molar-refractivity contribution in [1.29, 1.82) is 0 Å². The van der Waals surface area contributed by atoms with Gasteiger partial charge in [0.25, 0.3) is 0 Å². The summed E-state index contributed by atoms with van der Waals surface area (Å²) in [6, 6.07) is 0. The largest absolute Gasteiger partial charge is 0.464 e. The van der Waals surface area contributed by atoms with Crippen LogP contribution in [-0.4, -0.2) is 38.9 Å². The highest BCUT2D eigenvalue weighted by atomic mass is 79.9. The van der Waals surface area contributed by atoms with Crippen LogP contribution in [0.15, 0.2) is 17.0 Å². The summed E-state index contributed by atoms with van der Waals surface area (Å²) < 4.78 is 5.06. The van der Waals surface area contributed by atoms with Gasteiger partial charge in [0.15, 0.2) is 6.10 Å². The molecule has 7 heteroatoms. The van der Waals surface area contributed by atoms with Crippen LogP contribution in [0.25, 0.3) is 0 Å². The van der Waals surface area contributed by atoms with Crippen molar-refractivity contribution in [2.75, 3.05) is 6.61 Å². The zero-order valence-electron chi connectivity index (χ0n) is 8.50. The van der Waals surface area contributed by atoms with Gasteiger partial charge in [-0.1, -0.05) is 0 Å². The molecule has 0 saturated carbocycles. The Labute approximate surface area is 100 Å². The molecule has 16 heavy (non-hydrogen) atoms. The number of hydrogen-bond donors (Lipinski definition) is 2. The maximum atomic E-state index is 11.1. The number of rotatable bonds is 4. The molecular formula is C9H11BrN2O4. The first kappa shape index (κ1) is 13.0. The number of aromatic nitrogens is 2. The quantitative estimate of drug-likeness (QED) is 0.770. The van der Waals surface area contributed by atoms with Crippen molar-refractivity contribution < 1.29 is 19.7 Å². The Kier molecular flexibility index (Phi) is 4.78. The molecule has 88 valence electrons. The van der Waals surface area contributed by atoms with Crippen LogP contribution in [0.4, 0.5) is 0 Å². The van der Waals surface area contributed by atoms with Gasteiger partial charge in [-0.15, -0.1) is 0 Å². The van der Waals surface area contributed by atoms with Crippen molar-refractivity contribution >= 4 is 21.9 Å². The summed E-state index contributed by atoms with van der Waals surface area (Å²) in [6.45, 7) is 1.74. The SMILES string of the molecule is CCOC(=O)C(O)C(O)c1cnc(Br)cn1. The number of halogens is 1. The third kappa shape index (κ3) is 3.22. The Hall–Kier alpha value is -1.05. The molecule has 0 radical (unpaired) electrons. The molecule has 6 nitrogen and oxygen atoms in total. The summed E-state index contributed by atoms with van der Waals surface area (Å²) in [5.74, 6) is -0.889. The molecule has 1 heterocycles. The number of carbonyl (C=O) groups is 1. The van der Waals surface area contributed by atoms with Gasteiger partial charge in [-0.2, -0.15) is 0 Å². The molecule has 1 rings (SSSR count). The number of nitrogens with zero attached hydrogens (tertiary/aromatic N) is 2. The van der Waals surface area contributed by atoms with Crippen LogP contribution >= 0.6 is 15.9 Å². The zero-order valence-corrected chi connectivity index (χ0v) is 10.1. The molecule has 0 amide bonds. The molecule has 2 unspecified atom stereocenters. The minimum absolute atomic E-state index is 0.101. The smallest absolute Gasteiger partial charge is 0.338 e. The molecular weight excluding hydrogens is 280 g/mol. The van der Waals surface area contributed by atoms with Gasteiger partial charge in [0, 0.05) is 0 Å². The van der Waals surface area contributed by atoms with Crippen molar-refractivity contribution in [3.63, 3.8) is 0 Å². The monoisotopic (exact) mass is 290 g/mol. The summed E-state index contributed by atoms with van der Waals surface area (Å²) in [7, 11) is 0. The zero-order chi connectivity index (χ0) is 12.1. The maximum absolute atomic E-state index is 11.1. The Morgan fingerprint density at radius 3 is 2.69 bits per heavy atom. The van der Waals surface area contributed by atoms with Gasteiger partial charge in [0.05, 0.1) is 24.7 Å². The van der Waals surface area contributed by atoms with E-state index in [1.165, 1.54) is 12.4 Å². The summed E-state index contributed by atoms with van der Waals surface area (Å²) in [5, 5.41) is 19.0. The van der Waals surface area contributed by atoms with Crippen molar-refractivity contribution in [2.24, 2.45) is 0 Å². The van der Waals surface area contributed by atoms with Crippen LogP contribution in [0.1, 0.15) is 18.7 Å². The topological polar surface area (TPSA) is 92.5 Å². The Morgan fingerprint density at radius 1 is 1.50 bits per heavy atom. The number of carbonyl (C=O) groups excluding carboxylic acids is 1. The molecule has 0 aliphatic heterocycles. The lowest BCUT2D eigenvalue weighted by atomic mass is 10.1. The van der Waals surface area contributed by atoms with Crippen LogP contribution in [0.5, 0.6) is 0 Å². The van der Waals surface area contributed by atoms with Crippen LogP contribution in [0, 0.1) is 0 Å². The molecule has 0 aliphatic carbocycles. The van der Waals surface area contributed by atoms with E-state index in [9.17, 15) is 15.0 Å². The highest BCUT2D eigenvalue weighted by Crippen LogP contribution is 2.15. The van der Waals surface area contributed by atoms with Gasteiger partial charge in [0.1, 0.15) is 10.7 Å². The number of esters is 1. The minimum atomic E-state index is -1.66. The Bertz CT molecular complexity index is 357. The van der Waals surface area contributed by atoms with E-state index < -0.39 is 18.2 Å². The third-order valence-corrected chi connectivity index (χ3v) is 2.18. The van der Waals surface area contributed by atoms with Gasteiger partial charge in [-0.05, 0) is 22.9 Å². The second-order valence-corrected chi connectivity index (χ2v) is 3.72. The van der Waals surface area contributed by atoms with Gasteiger partial charge in [-0.25, -0.2) is 9.78 Å². The number of ether oxygens (including phenoxy) is 1. The second kappa shape index (κ2) is 5.88. The van der Waals surface area contributed by atoms with E-state index in [1.807, 2.05) is 0 Å². The molecule has 0 aromatic carbocycles. The van der Waals surface area contributed by atoms with Crippen LogP contribution in [0.3, 0.4) is 0 Å². The minimum Gasteiger partial charge on any atom is -0.464 e. The van der Waals surface area contributed by atoms with Crippen molar-refractivity contribution in [3.05, 3.63) is 22.7 Å². The highest BCUT2D eigenvalue weighted by molar-refractivity contribution is 9.10. The maximum Gasteiger partial charge on any atom is 0.338 e. The number of hydrogen-bond acceptors (Lipinski definition) is 6. The van der Waals surface area contributed by atoms with Crippen LogP contribution in [-0.2, 0) is 9.53 Å². The normalized spacial score (nSPS) is 14.2. The molecule has 1 aromatic heterocycles. The lowest BCUT2D eigenvalue weighted by molar-refractivity contribution is -0.159. The molecule has 0 fully saturated rings. The van der Waals surface area contributed by atoms with Crippen molar-refractivity contribution in [2.45, 2.75) is 19.1 Å². The lowest BCUT2D eigenvalue weighted by Gasteiger charge is -2.15. The Balaban J connectivity index is 2.73. The van der Waals surface area contributed by atoms with E-state index in [-0.39, 0.29) is 12.3 Å². The van der Waals surface area contributed by atoms with Crippen molar-refractivity contribution in [3.8, 4) is 0 Å². The first-order valence-corrected chi connectivity index (χ1v) is 5.35. The predicted molar refractivity (Wildman–Crippen MR) is 57.3 cm³/mol. The van der Waals surface area contributed by atoms with E-state index in [0.29, 0.717) is 4.60 Å². The van der Waals surface area contributed by atoms with Crippen molar-refractivity contribution in [1.82, 2.24) is 9.97 Å². The molecule has 0 bridgehead atoms. The van der Waals surface area contributed by atoms with Gasteiger partial charge < -0.3 is 14.9 Å². The fraction of sp³-hybridized carbons (Fsp3) is 0.444. The fourth-order valence-electron chi connectivity index (χ4n) is 0.993. The van der Waals surface area contributed by atoms with Gasteiger partial charge in [-0.3, -0.25) is 4.98 Å². The van der Waals surface area contributed by atoms with Gasteiger partial charge in [0.2, 0.25) is 0 Å². The Morgan fingerprint density at radius 2 is 2.19 bits per heavy atom. The van der Waals surface area contributed by atoms with E-state index in [2.05, 4.69) is 30.6 Å². The van der Waals surface area contributed by atoms with E-state index in [0.717, 1.165) is 0 Å². The van der Waals surface area contributed by atoms with Crippen LogP contribution < -0.4 is 0 Å². The van der Waals surface area contributed by atoms with E-state index in [1.54, 1.807) is 6.92 Å². The average molecular weight is 291 g/mol.